The third-order valence-electron chi connectivity index (χ3n) is 1.75. The highest BCUT2D eigenvalue weighted by Gasteiger charge is 2.07. The molecule has 0 saturated carbocycles. The minimum Gasteiger partial charge on any atom is -0.480 e. The second-order valence-corrected chi connectivity index (χ2v) is 2.70. The third kappa shape index (κ3) is 4.21. The summed E-state index contributed by atoms with van der Waals surface area (Å²) < 4.78 is 0. The predicted octanol–water partition coefficient (Wildman–Crippen LogP) is 1.19. The van der Waals surface area contributed by atoms with Crippen LogP contribution in [-0.4, -0.2) is 30.2 Å². The van der Waals surface area contributed by atoms with Crippen molar-refractivity contribution in [2.45, 2.75) is 13.3 Å². The monoisotopic (exact) mass is 209 g/mol. The molecule has 0 aromatic carbocycles. The van der Waals surface area contributed by atoms with E-state index in [1.54, 1.807) is 0 Å². The van der Waals surface area contributed by atoms with Crippen molar-refractivity contribution in [1.82, 2.24) is 5.32 Å². The van der Waals surface area contributed by atoms with E-state index >= 15 is 0 Å². The van der Waals surface area contributed by atoms with Crippen molar-refractivity contribution in [3.63, 3.8) is 0 Å². The molecule has 0 heterocycles. The van der Waals surface area contributed by atoms with Crippen LogP contribution in [0.5, 0.6) is 0 Å². The van der Waals surface area contributed by atoms with Gasteiger partial charge in [0.25, 0.3) is 0 Å². The smallest absolute Gasteiger partial charge is 0.322 e. The molecule has 5 heteroatoms. The highest BCUT2D eigenvalue weighted by molar-refractivity contribution is 6.01. The molecule has 3 N–H and O–H groups in total. The maximum atomic E-state index is 10.4. The number of hydrogen-bond acceptors (Lipinski definition) is 3. The Balaban J connectivity index is 4.89. The Morgan fingerprint density at radius 1 is 1.67 bits per heavy atom. The molecule has 0 rings (SSSR count). The van der Waals surface area contributed by atoms with Crippen LogP contribution < -0.4 is 5.32 Å². The zero-order valence-corrected chi connectivity index (χ0v) is 8.71. The minimum atomic E-state index is -0.956. The average Bonchev–Trinajstić information content (AvgIpc) is 2.22. The van der Waals surface area contributed by atoms with Crippen molar-refractivity contribution >= 4 is 18.5 Å². The largest absolute Gasteiger partial charge is 0.480 e. The van der Waals surface area contributed by atoms with Gasteiger partial charge in [-0.3, -0.25) is 10.2 Å². The number of carbonyl (C=O) groups is 1. The van der Waals surface area contributed by atoms with Crippen molar-refractivity contribution < 1.29 is 9.90 Å². The molecule has 82 valence electrons. The first kappa shape index (κ1) is 13.1. The number of aliphatic imine (C=N–C) groups is 1. The van der Waals surface area contributed by atoms with Gasteiger partial charge in [-0.25, -0.2) is 4.99 Å². The molecule has 15 heavy (non-hydrogen) atoms. The van der Waals surface area contributed by atoms with Gasteiger partial charge in [-0.15, -0.1) is 0 Å². The number of carboxylic acid groups (broad SMARTS) is 1. The lowest BCUT2D eigenvalue weighted by Crippen LogP contribution is -2.23. The highest BCUT2D eigenvalue weighted by atomic mass is 16.4. The molecule has 0 fully saturated rings. The molecule has 5 nitrogen and oxygen atoms in total. The Bertz CT molecular complexity index is 319. The topological polar surface area (TPSA) is 85.5 Å². The van der Waals surface area contributed by atoms with E-state index in [9.17, 15) is 4.79 Å². The number of allylic oxidation sites excluding steroid dienone is 1. The van der Waals surface area contributed by atoms with Gasteiger partial charge < -0.3 is 10.4 Å². The zero-order valence-electron chi connectivity index (χ0n) is 8.71. The first-order valence-electron chi connectivity index (χ1n) is 4.43. The van der Waals surface area contributed by atoms with Gasteiger partial charge in [0.15, 0.2) is 5.84 Å². The number of carboxylic acids is 1. The van der Waals surface area contributed by atoms with Gasteiger partial charge in [-0.05, 0) is 13.1 Å². The van der Waals surface area contributed by atoms with Crippen molar-refractivity contribution in [3.8, 4) is 0 Å². The van der Waals surface area contributed by atoms with E-state index < -0.39 is 5.97 Å². The van der Waals surface area contributed by atoms with E-state index in [0.29, 0.717) is 17.7 Å². The second-order valence-electron chi connectivity index (χ2n) is 2.70. The fourth-order valence-electron chi connectivity index (χ4n) is 1.04. The normalized spacial score (nSPS) is 11.3. The van der Waals surface area contributed by atoms with Crippen LogP contribution in [0.25, 0.3) is 0 Å². The Labute approximate surface area is 88.7 Å². The van der Waals surface area contributed by atoms with Crippen LogP contribution in [-0.2, 0) is 4.79 Å². The number of hydrogen-bond donors (Lipinski definition) is 3. The molecule has 0 saturated heterocycles. The van der Waals surface area contributed by atoms with Crippen LogP contribution in [0.4, 0.5) is 0 Å². The quantitative estimate of drug-likeness (QED) is 0.349. The predicted molar refractivity (Wildman–Crippen MR) is 60.4 cm³/mol. The zero-order chi connectivity index (χ0) is 11.8. The Hall–Kier alpha value is -1.91. The third-order valence-corrected chi connectivity index (χ3v) is 1.75. The summed E-state index contributed by atoms with van der Waals surface area (Å²) in [5.41, 5.74) is 1.11. The lowest BCUT2D eigenvalue weighted by Gasteiger charge is -2.10. The summed E-state index contributed by atoms with van der Waals surface area (Å²) in [4.78, 5) is 13.8. The van der Waals surface area contributed by atoms with E-state index in [0.717, 1.165) is 0 Å². The van der Waals surface area contributed by atoms with Crippen LogP contribution in [0.3, 0.4) is 0 Å². The molecule has 0 aliphatic rings. The van der Waals surface area contributed by atoms with Crippen LogP contribution in [0.15, 0.2) is 28.9 Å². The summed E-state index contributed by atoms with van der Waals surface area (Å²) >= 11 is 0. The molecular weight excluding hydrogens is 194 g/mol. The fraction of sp³-hybridized carbons (Fsp3) is 0.300. The maximum absolute atomic E-state index is 10.4. The van der Waals surface area contributed by atoms with E-state index in [1.165, 1.54) is 6.08 Å². The van der Waals surface area contributed by atoms with E-state index in [2.05, 4.69) is 23.6 Å². The molecule has 0 atom stereocenters. The van der Waals surface area contributed by atoms with Crippen molar-refractivity contribution in [1.29, 1.82) is 5.41 Å². The maximum Gasteiger partial charge on any atom is 0.322 e. The standard InChI is InChI=1S/C10H15N3O2/c1-4-7(10(11)12-3)8(5-2)13-6-9(14)15/h4,11,13H,1,3,5-6H2,2H3,(H,14,15)/b8-7-,11-10?. The van der Waals surface area contributed by atoms with E-state index in [4.69, 9.17) is 10.5 Å². The first-order valence-corrected chi connectivity index (χ1v) is 4.43. The molecular formula is C10H15N3O2. The van der Waals surface area contributed by atoms with Gasteiger partial charge in [0.2, 0.25) is 0 Å². The number of aliphatic carboxylic acids is 1. The average molecular weight is 209 g/mol. The molecule has 0 radical (unpaired) electrons. The van der Waals surface area contributed by atoms with Gasteiger partial charge >= 0.3 is 5.97 Å². The van der Waals surface area contributed by atoms with Crippen LogP contribution in [0, 0.1) is 5.41 Å². The second kappa shape index (κ2) is 6.53. The van der Waals surface area contributed by atoms with Gasteiger partial charge in [-0.1, -0.05) is 19.6 Å². The molecule has 0 aliphatic carbocycles. The number of nitrogens with one attached hydrogen (secondary N) is 2. The molecule has 0 bridgehead atoms. The van der Waals surface area contributed by atoms with Gasteiger partial charge in [0, 0.05) is 11.3 Å². The molecule has 0 aromatic heterocycles. The number of nitrogens with zero attached hydrogens (tertiary/aromatic N) is 1. The summed E-state index contributed by atoms with van der Waals surface area (Å²) in [5.74, 6) is -0.970. The van der Waals surface area contributed by atoms with Crippen molar-refractivity contribution in [3.05, 3.63) is 23.9 Å². The lowest BCUT2D eigenvalue weighted by atomic mass is 10.1. The Morgan fingerprint density at radius 2 is 2.27 bits per heavy atom. The molecule has 0 spiro atoms. The lowest BCUT2D eigenvalue weighted by molar-refractivity contribution is -0.135. The summed E-state index contributed by atoms with van der Waals surface area (Å²) in [6.45, 7) is 8.45. The Kier molecular flexibility index (Phi) is 5.70. The summed E-state index contributed by atoms with van der Waals surface area (Å²) in [7, 11) is 0. The molecule has 0 aliphatic heterocycles. The van der Waals surface area contributed by atoms with Crippen molar-refractivity contribution in [2.75, 3.05) is 6.54 Å². The van der Waals surface area contributed by atoms with Crippen LogP contribution >= 0.6 is 0 Å². The van der Waals surface area contributed by atoms with E-state index in [1.807, 2.05) is 6.92 Å². The van der Waals surface area contributed by atoms with Gasteiger partial charge in [0.05, 0.1) is 0 Å². The molecule has 0 amide bonds. The highest BCUT2D eigenvalue weighted by Crippen LogP contribution is 2.08. The minimum absolute atomic E-state index is 0.0141. The molecule has 0 aromatic rings. The number of amidine groups is 1. The van der Waals surface area contributed by atoms with E-state index in [-0.39, 0.29) is 12.4 Å². The van der Waals surface area contributed by atoms with Crippen LogP contribution in [0.1, 0.15) is 13.3 Å². The van der Waals surface area contributed by atoms with Gasteiger partial charge in [0.1, 0.15) is 6.54 Å². The molecule has 0 unspecified atom stereocenters. The Morgan fingerprint density at radius 3 is 2.60 bits per heavy atom. The fourth-order valence-corrected chi connectivity index (χ4v) is 1.04. The summed E-state index contributed by atoms with van der Waals surface area (Å²) in [6.07, 6.45) is 2.04. The summed E-state index contributed by atoms with van der Waals surface area (Å²) in [6, 6.07) is 0. The number of rotatable bonds is 6. The SMILES string of the molecule is C=C/C(C(=N)N=C)=C(\CC)NCC(=O)O. The first-order chi connectivity index (χ1) is 7.06. The summed E-state index contributed by atoms with van der Waals surface area (Å²) in [5, 5.41) is 18.7. The van der Waals surface area contributed by atoms with Crippen molar-refractivity contribution in [2.24, 2.45) is 4.99 Å². The van der Waals surface area contributed by atoms with Gasteiger partial charge in [-0.2, -0.15) is 0 Å². The van der Waals surface area contributed by atoms with Crippen LogP contribution in [0.2, 0.25) is 0 Å².